The highest BCUT2D eigenvalue weighted by Gasteiger charge is 2.39. The second kappa shape index (κ2) is 6.29. The van der Waals surface area contributed by atoms with Crippen molar-refractivity contribution in [2.75, 3.05) is 7.11 Å². The highest BCUT2D eigenvalue weighted by Crippen LogP contribution is 2.32. The third-order valence-electron chi connectivity index (χ3n) is 4.32. The summed E-state index contributed by atoms with van der Waals surface area (Å²) in [5.74, 6) is 0.835. The number of carbonyl (C=O) groups is 1. The molecule has 0 saturated carbocycles. The van der Waals surface area contributed by atoms with E-state index in [4.69, 9.17) is 4.74 Å². The lowest BCUT2D eigenvalue weighted by atomic mass is 9.79. The van der Waals surface area contributed by atoms with Crippen LogP contribution in [-0.4, -0.2) is 35.5 Å². The first-order valence-corrected chi connectivity index (χ1v) is 7.89. The topological polar surface area (TPSA) is 41.6 Å². The Morgan fingerprint density at radius 2 is 1.82 bits per heavy atom. The SMILES string of the molecule is COc1ccccc1CN(C=O)C1CC(C)(C)NC(C)(C)C1. The molecule has 122 valence electrons. The van der Waals surface area contributed by atoms with Gasteiger partial charge in [0, 0.05) is 29.2 Å². The largest absolute Gasteiger partial charge is 0.496 e. The number of nitrogens with zero attached hydrogens (tertiary/aromatic N) is 1. The van der Waals surface area contributed by atoms with Crippen molar-refractivity contribution in [3.05, 3.63) is 29.8 Å². The summed E-state index contributed by atoms with van der Waals surface area (Å²) in [6.45, 7) is 9.39. The van der Waals surface area contributed by atoms with E-state index in [2.05, 4.69) is 33.0 Å². The highest BCUT2D eigenvalue weighted by atomic mass is 16.5. The number of amides is 1. The number of piperidine rings is 1. The van der Waals surface area contributed by atoms with E-state index < -0.39 is 0 Å². The van der Waals surface area contributed by atoms with Crippen molar-refractivity contribution in [1.82, 2.24) is 10.2 Å². The van der Waals surface area contributed by atoms with Gasteiger partial charge in [0.25, 0.3) is 0 Å². The number of hydrogen-bond acceptors (Lipinski definition) is 3. The molecule has 0 aliphatic carbocycles. The molecule has 0 unspecified atom stereocenters. The van der Waals surface area contributed by atoms with Crippen LogP contribution in [0.25, 0.3) is 0 Å². The molecule has 1 aromatic carbocycles. The number of carbonyl (C=O) groups excluding carboxylic acids is 1. The number of ether oxygens (including phenoxy) is 1. The van der Waals surface area contributed by atoms with Crippen molar-refractivity contribution in [3.63, 3.8) is 0 Å². The van der Waals surface area contributed by atoms with Gasteiger partial charge >= 0.3 is 0 Å². The maximum absolute atomic E-state index is 11.7. The first-order chi connectivity index (χ1) is 10.3. The summed E-state index contributed by atoms with van der Waals surface area (Å²) < 4.78 is 5.40. The van der Waals surface area contributed by atoms with Crippen molar-refractivity contribution >= 4 is 6.41 Å². The summed E-state index contributed by atoms with van der Waals surface area (Å²) in [6.07, 6.45) is 2.88. The molecular formula is C18H28N2O2. The van der Waals surface area contributed by atoms with Gasteiger partial charge in [-0.05, 0) is 46.6 Å². The minimum atomic E-state index is 0.0223. The van der Waals surface area contributed by atoms with Gasteiger partial charge in [0.05, 0.1) is 7.11 Å². The predicted octanol–water partition coefficient (Wildman–Crippen LogP) is 2.96. The molecule has 0 atom stereocenters. The molecule has 1 N–H and O–H groups in total. The Morgan fingerprint density at radius 1 is 1.23 bits per heavy atom. The second-order valence-corrected chi connectivity index (χ2v) is 7.54. The van der Waals surface area contributed by atoms with E-state index in [9.17, 15) is 4.79 Å². The zero-order valence-corrected chi connectivity index (χ0v) is 14.3. The van der Waals surface area contributed by atoms with Crippen molar-refractivity contribution < 1.29 is 9.53 Å². The number of methoxy groups -OCH3 is 1. The monoisotopic (exact) mass is 304 g/mol. The molecule has 1 aromatic rings. The van der Waals surface area contributed by atoms with Crippen LogP contribution in [-0.2, 0) is 11.3 Å². The Hall–Kier alpha value is -1.55. The smallest absolute Gasteiger partial charge is 0.210 e. The first-order valence-electron chi connectivity index (χ1n) is 7.89. The molecule has 2 rings (SSSR count). The molecule has 0 spiro atoms. The fourth-order valence-corrected chi connectivity index (χ4v) is 3.79. The zero-order valence-electron chi connectivity index (χ0n) is 14.3. The maximum atomic E-state index is 11.7. The number of nitrogens with one attached hydrogen (secondary N) is 1. The Bertz CT molecular complexity index is 510. The summed E-state index contributed by atoms with van der Waals surface area (Å²) in [6, 6.07) is 8.12. The Morgan fingerprint density at radius 3 is 2.36 bits per heavy atom. The van der Waals surface area contributed by atoms with Crippen LogP contribution < -0.4 is 10.1 Å². The molecule has 4 heteroatoms. The van der Waals surface area contributed by atoms with Crippen LogP contribution in [0.2, 0.25) is 0 Å². The summed E-state index contributed by atoms with van der Waals surface area (Å²) in [5, 5.41) is 3.66. The van der Waals surface area contributed by atoms with Crippen LogP contribution in [0, 0.1) is 0 Å². The Kier molecular flexibility index (Phi) is 4.81. The van der Waals surface area contributed by atoms with E-state index in [1.165, 1.54) is 0 Å². The molecule has 1 heterocycles. The van der Waals surface area contributed by atoms with Crippen LogP contribution in [0.1, 0.15) is 46.1 Å². The van der Waals surface area contributed by atoms with Crippen LogP contribution in [0.3, 0.4) is 0 Å². The normalized spacial score (nSPS) is 20.4. The molecule has 1 fully saturated rings. The number of hydrogen-bond donors (Lipinski definition) is 1. The molecular weight excluding hydrogens is 276 g/mol. The summed E-state index contributed by atoms with van der Waals surface area (Å²) in [7, 11) is 1.67. The summed E-state index contributed by atoms with van der Waals surface area (Å²) in [5.41, 5.74) is 1.09. The fraction of sp³-hybridized carbons (Fsp3) is 0.611. The van der Waals surface area contributed by atoms with Crippen LogP contribution in [0.5, 0.6) is 5.75 Å². The van der Waals surface area contributed by atoms with Gasteiger partial charge in [-0.1, -0.05) is 18.2 Å². The van der Waals surface area contributed by atoms with Crippen molar-refractivity contribution in [2.45, 2.75) is 64.2 Å². The van der Waals surface area contributed by atoms with Gasteiger partial charge in [0.15, 0.2) is 0 Å². The lowest BCUT2D eigenvalue weighted by Gasteiger charge is -2.49. The van der Waals surface area contributed by atoms with Crippen molar-refractivity contribution in [3.8, 4) is 5.75 Å². The molecule has 1 saturated heterocycles. The zero-order chi connectivity index (χ0) is 16.4. The second-order valence-electron chi connectivity index (χ2n) is 7.54. The van der Waals surface area contributed by atoms with Gasteiger partial charge in [-0.2, -0.15) is 0 Å². The van der Waals surface area contributed by atoms with Crippen molar-refractivity contribution in [1.29, 1.82) is 0 Å². The molecule has 22 heavy (non-hydrogen) atoms. The molecule has 1 amide bonds. The minimum Gasteiger partial charge on any atom is -0.496 e. The third kappa shape index (κ3) is 4.01. The summed E-state index contributed by atoms with van der Waals surface area (Å²) >= 11 is 0. The van der Waals surface area contributed by atoms with Gasteiger partial charge in [-0.15, -0.1) is 0 Å². The quantitative estimate of drug-likeness (QED) is 0.850. The third-order valence-corrected chi connectivity index (χ3v) is 4.32. The molecule has 0 bridgehead atoms. The van der Waals surface area contributed by atoms with E-state index in [0.717, 1.165) is 30.6 Å². The number of para-hydroxylation sites is 1. The maximum Gasteiger partial charge on any atom is 0.210 e. The lowest BCUT2D eigenvalue weighted by Crippen LogP contribution is -2.62. The van der Waals surface area contributed by atoms with Gasteiger partial charge < -0.3 is 15.0 Å². The van der Waals surface area contributed by atoms with E-state index in [0.29, 0.717) is 6.54 Å². The Balaban J connectivity index is 2.19. The molecule has 1 aliphatic rings. The number of benzene rings is 1. The number of rotatable bonds is 5. The van der Waals surface area contributed by atoms with Gasteiger partial charge in [0.2, 0.25) is 6.41 Å². The van der Waals surface area contributed by atoms with E-state index in [1.54, 1.807) is 7.11 Å². The van der Waals surface area contributed by atoms with Crippen LogP contribution in [0.4, 0.5) is 0 Å². The van der Waals surface area contributed by atoms with Gasteiger partial charge in [0.1, 0.15) is 5.75 Å². The molecule has 1 aliphatic heterocycles. The molecule has 0 aromatic heterocycles. The van der Waals surface area contributed by atoms with E-state index in [1.807, 2.05) is 29.2 Å². The van der Waals surface area contributed by atoms with Gasteiger partial charge in [-0.3, -0.25) is 4.79 Å². The first kappa shape index (κ1) is 16.8. The summed E-state index contributed by atoms with van der Waals surface area (Å²) in [4.78, 5) is 13.6. The standard InChI is InChI=1S/C18H28N2O2/c1-17(2)10-15(11-18(3,4)19-17)20(13-21)12-14-8-6-7-9-16(14)22-5/h6-9,13,15,19H,10-12H2,1-5H3. The average Bonchev–Trinajstić information content (AvgIpc) is 2.41. The average molecular weight is 304 g/mol. The Labute approximate surface area is 133 Å². The molecule has 4 nitrogen and oxygen atoms in total. The van der Waals surface area contributed by atoms with Crippen molar-refractivity contribution in [2.24, 2.45) is 0 Å². The fourth-order valence-electron chi connectivity index (χ4n) is 3.79. The van der Waals surface area contributed by atoms with Gasteiger partial charge in [-0.25, -0.2) is 0 Å². The molecule has 0 radical (unpaired) electrons. The highest BCUT2D eigenvalue weighted by molar-refractivity contribution is 5.49. The lowest BCUT2D eigenvalue weighted by molar-refractivity contribution is -0.122. The van der Waals surface area contributed by atoms with E-state index in [-0.39, 0.29) is 17.1 Å². The predicted molar refractivity (Wildman–Crippen MR) is 88.9 cm³/mol. The van der Waals surface area contributed by atoms with Crippen LogP contribution in [0.15, 0.2) is 24.3 Å². The van der Waals surface area contributed by atoms with Crippen LogP contribution >= 0.6 is 0 Å². The van der Waals surface area contributed by atoms with E-state index >= 15 is 0 Å². The minimum absolute atomic E-state index is 0.0223.